The number of rotatable bonds is 5. The van der Waals surface area contributed by atoms with Crippen LogP contribution in [-0.2, 0) is 0 Å². The topological polar surface area (TPSA) is 20.2 Å². The van der Waals surface area contributed by atoms with Gasteiger partial charge in [0.15, 0.2) is 0 Å². The fraction of sp³-hybridized carbons (Fsp3) is 1.00. The molecule has 1 nitrogen and oxygen atoms in total. The Bertz CT molecular complexity index is 575. The maximum Gasteiger partial charge on any atom is 0.0554 e. The minimum Gasteiger partial charge on any atom is -0.393 e. The molecule has 29 heavy (non-hydrogen) atoms. The molecule has 4 aliphatic rings. The molecule has 0 aromatic carbocycles. The largest absolute Gasteiger partial charge is 0.393 e. The molecule has 0 spiro atoms. The summed E-state index contributed by atoms with van der Waals surface area (Å²) in [5, 5.41) is 10.4. The van der Waals surface area contributed by atoms with Crippen LogP contribution in [0.1, 0.15) is 105 Å². The van der Waals surface area contributed by atoms with Gasteiger partial charge in [0.2, 0.25) is 0 Å². The second-order valence-electron chi connectivity index (χ2n) is 12.6. The molecule has 4 fully saturated rings. The Morgan fingerprint density at radius 3 is 2.41 bits per heavy atom. The smallest absolute Gasteiger partial charge is 0.0554 e. The van der Waals surface area contributed by atoms with Crippen molar-refractivity contribution in [2.45, 2.75) is 116 Å². The van der Waals surface area contributed by atoms with Crippen LogP contribution < -0.4 is 0 Å². The average Bonchev–Trinajstić information content (AvgIpc) is 3.00. The lowest BCUT2D eigenvalue weighted by Gasteiger charge is -2.62. The standard InChI is InChI=1S/C27H47BrO/c1-17(2)7-6-8-18(3)22-11-12-23-21-10-9-19-15-20(29)16-25(28)27(19,5)24(21)13-14-26(22,23)4/h17-25,29H,6-16H2,1-5H3/t18-,19-,20+,21-,22-,23+,24+,25?,26-,27+/m1/s1. The van der Waals surface area contributed by atoms with Crippen LogP contribution in [0, 0.1) is 52.3 Å². The number of hydrogen-bond donors (Lipinski definition) is 1. The monoisotopic (exact) mass is 466 g/mol. The van der Waals surface area contributed by atoms with Crippen LogP contribution in [0.3, 0.4) is 0 Å². The number of hydrogen-bond acceptors (Lipinski definition) is 1. The van der Waals surface area contributed by atoms with Crippen molar-refractivity contribution in [2.24, 2.45) is 52.3 Å². The van der Waals surface area contributed by atoms with Crippen molar-refractivity contribution in [2.75, 3.05) is 0 Å². The fourth-order valence-electron chi connectivity index (χ4n) is 9.27. The molecule has 1 unspecified atom stereocenters. The molecule has 0 aromatic rings. The van der Waals surface area contributed by atoms with Gasteiger partial charge < -0.3 is 5.11 Å². The summed E-state index contributed by atoms with van der Waals surface area (Å²) in [6.07, 6.45) is 14.9. The summed E-state index contributed by atoms with van der Waals surface area (Å²) >= 11 is 4.09. The summed E-state index contributed by atoms with van der Waals surface area (Å²) in [5.41, 5.74) is 1.00. The molecule has 0 amide bonds. The van der Waals surface area contributed by atoms with Crippen molar-refractivity contribution in [1.82, 2.24) is 0 Å². The molecule has 4 saturated carbocycles. The number of fused-ring (bicyclic) bond motifs is 5. The molecular weight excluding hydrogens is 420 g/mol. The normalized spacial score (nSPS) is 50.7. The summed E-state index contributed by atoms with van der Waals surface area (Å²) in [4.78, 5) is 0.507. The summed E-state index contributed by atoms with van der Waals surface area (Å²) in [6, 6.07) is 0. The molecule has 2 heteroatoms. The summed E-state index contributed by atoms with van der Waals surface area (Å²) in [5.74, 6) is 6.23. The minimum absolute atomic E-state index is 0.0783. The van der Waals surface area contributed by atoms with Crippen molar-refractivity contribution in [3.63, 3.8) is 0 Å². The van der Waals surface area contributed by atoms with Gasteiger partial charge in [0.25, 0.3) is 0 Å². The fourth-order valence-corrected chi connectivity index (χ4v) is 10.4. The summed E-state index contributed by atoms with van der Waals surface area (Å²) in [7, 11) is 0. The summed E-state index contributed by atoms with van der Waals surface area (Å²) in [6.45, 7) is 12.6. The second-order valence-corrected chi connectivity index (χ2v) is 13.7. The van der Waals surface area contributed by atoms with Gasteiger partial charge in [-0.25, -0.2) is 0 Å². The lowest BCUT2D eigenvalue weighted by atomic mass is 9.44. The number of aliphatic hydroxyl groups excluding tert-OH is 1. The first-order valence-corrected chi connectivity index (χ1v) is 13.9. The van der Waals surface area contributed by atoms with Crippen LogP contribution in [0.25, 0.3) is 0 Å². The van der Waals surface area contributed by atoms with Gasteiger partial charge >= 0.3 is 0 Å². The Balaban J connectivity index is 1.49. The van der Waals surface area contributed by atoms with Crippen molar-refractivity contribution in [3.8, 4) is 0 Å². The third kappa shape index (κ3) is 3.79. The van der Waals surface area contributed by atoms with E-state index in [0.29, 0.717) is 15.7 Å². The van der Waals surface area contributed by atoms with E-state index >= 15 is 0 Å². The molecular formula is C27H47BrO. The first-order valence-electron chi connectivity index (χ1n) is 13.0. The molecule has 0 saturated heterocycles. The zero-order valence-corrected chi connectivity index (χ0v) is 21.4. The van der Waals surface area contributed by atoms with E-state index in [2.05, 4.69) is 50.5 Å². The van der Waals surface area contributed by atoms with Gasteiger partial charge in [0.05, 0.1) is 6.10 Å². The van der Waals surface area contributed by atoms with E-state index in [9.17, 15) is 5.11 Å². The quantitative estimate of drug-likeness (QED) is 0.408. The average molecular weight is 468 g/mol. The van der Waals surface area contributed by atoms with Crippen molar-refractivity contribution >= 4 is 15.9 Å². The predicted molar refractivity (Wildman–Crippen MR) is 127 cm³/mol. The Morgan fingerprint density at radius 1 is 0.931 bits per heavy atom. The Labute approximate surface area is 189 Å². The van der Waals surface area contributed by atoms with E-state index in [1.807, 2.05) is 0 Å². The molecule has 4 rings (SSSR count). The zero-order valence-electron chi connectivity index (χ0n) is 19.8. The highest BCUT2D eigenvalue weighted by molar-refractivity contribution is 9.09. The number of halogens is 1. The van der Waals surface area contributed by atoms with Gasteiger partial charge in [0.1, 0.15) is 0 Å². The van der Waals surface area contributed by atoms with Crippen LogP contribution in [-0.4, -0.2) is 16.0 Å². The Hall–Kier alpha value is 0.440. The molecule has 0 radical (unpaired) electrons. The van der Waals surface area contributed by atoms with Gasteiger partial charge in [-0.2, -0.15) is 0 Å². The van der Waals surface area contributed by atoms with E-state index in [4.69, 9.17) is 0 Å². The summed E-state index contributed by atoms with van der Waals surface area (Å²) < 4.78 is 0. The third-order valence-electron chi connectivity index (χ3n) is 10.9. The maximum absolute atomic E-state index is 10.4. The first-order chi connectivity index (χ1) is 13.7. The molecule has 0 heterocycles. The Morgan fingerprint density at radius 2 is 1.69 bits per heavy atom. The highest BCUT2D eigenvalue weighted by Crippen LogP contribution is 2.69. The van der Waals surface area contributed by atoms with Gasteiger partial charge in [-0.05, 0) is 104 Å². The van der Waals surface area contributed by atoms with E-state index in [1.165, 1.54) is 57.8 Å². The molecule has 0 aromatic heterocycles. The lowest BCUT2D eigenvalue weighted by molar-refractivity contribution is -0.124. The first kappa shape index (κ1) is 22.6. The highest BCUT2D eigenvalue weighted by Gasteiger charge is 2.62. The number of aliphatic hydroxyl groups is 1. The molecule has 0 aliphatic heterocycles. The predicted octanol–water partition coefficient (Wildman–Crippen LogP) is 7.84. The van der Waals surface area contributed by atoms with E-state index in [-0.39, 0.29) is 6.10 Å². The van der Waals surface area contributed by atoms with E-state index in [1.54, 1.807) is 0 Å². The zero-order chi connectivity index (χ0) is 21.0. The van der Waals surface area contributed by atoms with Crippen molar-refractivity contribution in [3.05, 3.63) is 0 Å². The lowest BCUT2D eigenvalue weighted by Crippen LogP contribution is -2.58. The molecule has 168 valence electrons. The van der Waals surface area contributed by atoms with Crippen LogP contribution in [0.15, 0.2) is 0 Å². The second kappa shape index (κ2) is 8.42. The molecule has 0 bridgehead atoms. The number of alkyl halides is 1. The molecule has 10 atom stereocenters. The third-order valence-corrected chi connectivity index (χ3v) is 12.2. The maximum atomic E-state index is 10.4. The van der Waals surface area contributed by atoms with Gasteiger partial charge in [-0.3, -0.25) is 0 Å². The van der Waals surface area contributed by atoms with Crippen LogP contribution >= 0.6 is 15.9 Å². The molecule has 1 N–H and O–H groups in total. The van der Waals surface area contributed by atoms with Crippen LogP contribution in [0.5, 0.6) is 0 Å². The van der Waals surface area contributed by atoms with E-state index in [0.717, 1.165) is 54.3 Å². The van der Waals surface area contributed by atoms with Gasteiger partial charge in [-0.1, -0.05) is 69.8 Å². The molecule has 4 aliphatic carbocycles. The van der Waals surface area contributed by atoms with Crippen molar-refractivity contribution in [1.29, 1.82) is 0 Å². The van der Waals surface area contributed by atoms with E-state index < -0.39 is 0 Å². The minimum atomic E-state index is -0.0783. The van der Waals surface area contributed by atoms with Crippen LogP contribution in [0.4, 0.5) is 0 Å². The van der Waals surface area contributed by atoms with Gasteiger partial charge in [0, 0.05) is 4.83 Å². The van der Waals surface area contributed by atoms with Crippen molar-refractivity contribution < 1.29 is 5.11 Å². The highest BCUT2D eigenvalue weighted by atomic mass is 79.9. The van der Waals surface area contributed by atoms with Crippen LogP contribution in [0.2, 0.25) is 0 Å². The SMILES string of the molecule is CC(C)CCC[C@@H](C)[C@H]1CC[C@H]2[C@H]3CC[C@@H]4C[C@H](O)CC(Br)[C@]4(C)[C@H]3CC[C@]12C. The Kier molecular flexibility index (Phi) is 6.57. The van der Waals surface area contributed by atoms with Gasteiger partial charge in [-0.15, -0.1) is 0 Å².